The van der Waals surface area contributed by atoms with E-state index in [4.69, 9.17) is 9.84 Å². The molecule has 0 aromatic rings. The number of halogens is 1. The number of amides is 1. The summed E-state index contributed by atoms with van der Waals surface area (Å²) in [5.74, 6) is 0.270. The molecule has 17 heavy (non-hydrogen) atoms. The minimum Gasteiger partial charge on any atom is -0.394 e. The highest BCUT2D eigenvalue weighted by Gasteiger charge is 2.22. The third-order valence-corrected chi connectivity index (χ3v) is 3.57. The molecule has 0 bridgehead atoms. The highest BCUT2D eigenvalue weighted by Crippen LogP contribution is 2.15. The van der Waals surface area contributed by atoms with E-state index in [1.54, 1.807) is 0 Å². The van der Waals surface area contributed by atoms with E-state index in [-0.39, 0.29) is 18.6 Å². The van der Waals surface area contributed by atoms with Crippen molar-refractivity contribution >= 4 is 21.8 Å². The maximum absolute atomic E-state index is 11.8. The molecule has 0 aromatic carbocycles. The van der Waals surface area contributed by atoms with Gasteiger partial charge in [-0.2, -0.15) is 0 Å². The second kappa shape index (κ2) is 8.89. The van der Waals surface area contributed by atoms with E-state index in [1.165, 1.54) is 0 Å². The fourth-order valence-corrected chi connectivity index (χ4v) is 2.42. The van der Waals surface area contributed by atoms with Crippen LogP contribution < -0.4 is 0 Å². The van der Waals surface area contributed by atoms with E-state index in [9.17, 15) is 4.79 Å². The van der Waals surface area contributed by atoms with E-state index >= 15 is 0 Å². The van der Waals surface area contributed by atoms with E-state index in [0.29, 0.717) is 13.0 Å². The number of unbranched alkanes of at least 4 members (excludes halogenated alkanes) is 1. The number of carbonyl (C=O) groups excluding carboxylic acids is 1. The zero-order valence-corrected chi connectivity index (χ0v) is 11.8. The quantitative estimate of drug-likeness (QED) is 0.573. The molecule has 1 rings (SSSR count). The van der Waals surface area contributed by atoms with Gasteiger partial charge >= 0.3 is 0 Å². The zero-order chi connectivity index (χ0) is 12.5. The van der Waals surface area contributed by atoms with E-state index in [1.807, 2.05) is 4.90 Å². The van der Waals surface area contributed by atoms with Gasteiger partial charge in [-0.15, -0.1) is 0 Å². The number of rotatable bonds is 7. The number of likely N-dealkylation sites (tertiary alicyclic amines) is 1. The lowest BCUT2D eigenvalue weighted by molar-refractivity contribution is -0.134. The van der Waals surface area contributed by atoms with Crippen LogP contribution in [0.15, 0.2) is 0 Å². The first-order chi connectivity index (χ1) is 8.27. The normalized spacial score (nSPS) is 17.4. The van der Waals surface area contributed by atoms with Crippen molar-refractivity contribution in [2.45, 2.75) is 38.2 Å². The Balaban J connectivity index is 2.15. The van der Waals surface area contributed by atoms with Gasteiger partial charge in [0.05, 0.1) is 19.3 Å². The molecule has 0 aliphatic carbocycles. The summed E-state index contributed by atoms with van der Waals surface area (Å²) < 4.78 is 5.46. The predicted octanol–water partition coefficient (Wildman–Crippen LogP) is 1.55. The lowest BCUT2D eigenvalue weighted by atomic mass is 10.1. The van der Waals surface area contributed by atoms with Crippen LogP contribution >= 0.6 is 15.9 Å². The first-order valence-corrected chi connectivity index (χ1v) is 7.46. The van der Waals surface area contributed by atoms with Crippen LogP contribution in [0.3, 0.4) is 0 Å². The predicted molar refractivity (Wildman–Crippen MR) is 70.3 cm³/mol. The summed E-state index contributed by atoms with van der Waals surface area (Å²) in [4.78, 5) is 13.8. The Morgan fingerprint density at radius 2 is 2.06 bits per heavy atom. The summed E-state index contributed by atoms with van der Waals surface area (Å²) in [5, 5.41) is 9.63. The molecule has 1 aliphatic heterocycles. The fraction of sp³-hybridized carbons (Fsp3) is 0.917. The van der Waals surface area contributed by atoms with Crippen LogP contribution in [0.25, 0.3) is 0 Å². The summed E-state index contributed by atoms with van der Waals surface area (Å²) in [6.45, 7) is 2.07. The summed E-state index contributed by atoms with van der Waals surface area (Å²) >= 11 is 3.37. The lowest BCUT2D eigenvalue weighted by Gasteiger charge is -2.32. The Bertz CT molecular complexity index is 218. The number of carbonyl (C=O) groups is 1. The summed E-state index contributed by atoms with van der Waals surface area (Å²) in [5.41, 5.74) is 0. The Hall–Kier alpha value is -0.130. The Morgan fingerprint density at radius 1 is 1.35 bits per heavy atom. The molecular formula is C12H22BrNO3. The Morgan fingerprint density at radius 3 is 2.65 bits per heavy atom. The molecule has 1 N–H and O–H groups in total. The van der Waals surface area contributed by atoms with Crippen LogP contribution in [-0.2, 0) is 9.53 Å². The van der Waals surface area contributed by atoms with Crippen molar-refractivity contribution in [3.63, 3.8) is 0 Å². The molecule has 1 fully saturated rings. The van der Waals surface area contributed by atoms with Gasteiger partial charge in [-0.1, -0.05) is 15.9 Å². The first-order valence-electron chi connectivity index (χ1n) is 6.34. The maximum Gasteiger partial charge on any atom is 0.222 e. The topological polar surface area (TPSA) is 49.8 Å². The molecule has 4 nitrogen and oxygen atoms in total. The fourth-order valence-electron chi connectivity index (χ4n) is 2.02. The summed E-state index contributed by atoms with van der Waals surface area (Å²) in [6, 6.07) is 0. The number of piperidine rings is 1. The van der Waals surface area contributed by atoms with E-state index in [2.05, 4.69) is 15.9 Å². The van der Waals surface area contributed by atoms with Crippen molar-refractivity contribution in [2.24, 2.45) is 0 Å². The third kappa shape index (κ3) is 5.84. The molecule has 1 heterocycles. The smallest absolute Gasteiger partial charge is 0.222 e. The molecule has 0 radical (unpaired) electrons. The molecule has 1 amide bonds. The molecule has 100 valence electrons. The van der Waals surface area contributed by atoms with Gasteiger partial charge in [0.1, 0.15) is 0 Å². The van der Waals surface area contributed by atoms with Gasteiger partial charge in [0.2, 0.25) is 5.91 Å². The molecule has 0 saturated carbocycles. The van der Waals surface area contributed by atoms with Crippen molar-refractivity contribution in [2.75, 3.05) is 31.6 Å². The molecule has 5 heteroatoms. The third-order valence-electron chi connectivity index (χ3n) is 3.01. The number of aliphatic hydroxyl groups excluding tert-OH is 1. The second-order valence-corrected chi connectivity index (χ2v) is 5.11. The SMILES string of the molecule is O=C(CCCCBr)N1CCC(OCCO)CC1. The van der Waals surface area contributed by atoms with Gasteiger partial charge in [0, 0.05) is 24.8 Å². The van der Waals surface area contributed by atoms with Crippen molar-refractivity contribution in [3.05, 3.63) is 0 Å². The van der Waals surface area contributed by atoms with Crippen LogP contribution in [0.5, 0.6) is 0 Å². The van der Waals surface area contributed by atoms with E-state index in [0.717, 1.165) is 44.1 Å². The number of hydrogen-bond acceptors (Lipinski definition) is 3. The molecule has 0 spiro atoms. The molecular weight excluding hydrogens is 286 g/mol. The van der Waals surface area contributed by atoms with Gasteiger partial charge in [-0.05, 0) is 25.7 Å². The number of nitrogens with zero attached hydrogens (tertiary/aromatic N) is 1. The molecule has 1 saturated heterocycles. The average molecular weight is 308 g/mol. The average Bonchev–Trinajstić information content (AvgIpc) is 2.37. The second-order valence-electron chi connectivity index (χ2n) is 4.32. The van der Waals surface area contributed by atoms with Crippen molar-refractivity contribution in [1.82, 2.24) is 4.90 Å². The number of aliphatic hydroxyl groups is 1. The number of ether oxygens (including phenoxy) is 1. The first kappa shape index (κ1) is 14.9. The molecule has 0 unspecified atom stereocenters. The monoisotopic (exact) mass is 307 g/mol. The van der Waals surface area contributed by atoms with Crippen molar-refractivity contribution in [1.29, 1.82) is 0 Å². The molecule has 0 aromatic heterocycles. The number of hydrogen-bond donors (Lipinski definition) is 1. The minimum atomic E-state index is 0.0751. The van der Waals surface area contributed by atoms with Crippen LogP contribution in [0.4, 0.5) is 0 Å². The highest BCUT2D eigenvalue weighted by molar-refractivity contribution is 9.09. The lowest BCUT2D eigenvalue weighted by Crippen LogP contribution is -2.41. The Kier molecular flexibility index (Phi) is 7.81. The van der Waals surface area contributed by atoms with Crippen molar-refractivity contribution < 1.29 is 14.6 Å². The van der Waals surface area contributed by atoms with Gasteiger partial charge in [0.15, 0.2) is 0 Å². The van der Waals surface area contributed by atoms with Crippen LogP contribution in [0, 0.1) is 0 Å². The van der Waals surface area contributed by atoms with Gasteiger partial charge in [-0.25, -0.2) is 0 Å². The van der Waals surface area contributed by atoms with Crippen LogP contribution in [-0.4, -0.2) is 53.7 Å². The molecule has 1 aliphatic rings. The molecule has 0 atom stereocenters. The Labute approximate surface area is 111 Å². The van der Waals surface area contributed by atoms with Gasteiger partial charge in [-0.3, -0.25) is 4.79 Å². The van der Waals surface area contributed by atoms with Crippen LogP contribution in [0.1, 0.15) is 32.1 Å². The van der Waals surface area contributed by atoms with Crippen molar-refractivity contribution in [3.8, 4) is 0 Å². The summed E-state index contributed by atoms with van der Waals surface area (Å²) in [6.07, 6.45) is 4.68. The summed E-state index contributed by atoms with van der Waals surface area (Å²) in [7, 11) is 0. The van der Waals surface area contributed by atoms with Gasteiger partial charge < -0.3 is 14.7 Å². The number of alkyl halides is 1. The maximum atomic E-state index is 11.8. The highest BCUT2D eigenvalue weighted by atomic mass is 79.9. The standard InChI is InChI=1S/C12H22BrNO3/c13-6-2-1-3-12(16)14-7-4-11(5-8-14)17-10-9-15/h11,15H,1-10H2. The van der Waals surface area contributed by atoms with Gasteiger partial charge in [0.25, 0.3) is 0 Å². The minimum absolute atomic E-state index is 0.0751. The van der Waals surface area contributed by atoms with Crippen LogP contribution in [0.2, 0.25) is 0 Å². The largest absolute Gasteiger partial charge is 0.394 e. The zero-order valence-electron chi connectivity index (χ0n) is 10.2. The van der Waals surface area contributed by atoms with E-state index < -0.39 is 0 Å².